The average molecular weight is 671 g/mol. The van der Waals surface area contributed by atoms with Gasteiger partial charge in [0.15, 0.2) is 0 Å². The molecule has 1 aromatic heterocycles. The molecule has 0 atom stereocenters. The molecule has 1 heteroatoms. The first-order chi connectivity index (χ1) is 28.9. The normalized spacial score (nSPS) is 15.5. The molecule has 0 fully saturated rings. The Labute approximate surface area is 313 Å². The van der Waals surface area contributed by atoms with Crippen molar-refractivity contribution in [2.75, 3.05) is 0 Å². The monoisotopic (exact) mass is 670 g/mol. The summed E-state index contributed by atoms with van der Waals surface area (Å²) in [6.45, 7) is 4.48. The quantitative estimate of drug-likeness (QED) is 0.171. The lowest BCUT2D eigenvalue weighted by atomic mass is 9.82. The second-order valence-electron chi connectivity index (χ2n) is 14.2. The highest BCUT2D eigenvalue weighted by atomic mass is 16.3. The molecule has 1 heterocycles. The van der Waals surface area contributed by atoms with Gasteiger partial charge in [-0.2, -0.15) is 0 Å². The van der Waals surface area contributed by atoms with Crippen LogP contribution in [-0.4, -0.2) is 0 Å². The summed E-state index contributed by atoms with van der Waals surface area (Å²) in [5.41, 5.74) is 9.54. The van der Waals surface area contributed by atoms with E-state index in [4.69, 9.17) is 9.90 Å². The molecule has 0 unspecified atom stereocenters. The molecule has 244 valence electrons. The Morgan fingerprint density at radius 1 is 0.442 bits per heavy atom. The maximum Gasteiger partial charge on any atom is 0.136 e. The van der Waals surface area contributed by atoms with Gasteiger partial charge < -0.3 is 4.42 Å². The molecular formula is C51H34O. The van der Waals surface area contributed by atoms with Gasteiger partial charge in [-0.15, -0.1) is 0 Å². The third-order valence-corrected chi connectivity index (χ3v) is 11.1. The van der Waals surface area contributed by atoms with Gasteiger partial charge in [0.2, 0.25) is 0 Å². The Morgan fingerprint density at radius 3 is 1.73 bits per heavy atom. The largest absolute Gasteiger partial charge is 0.456 e. The molecular weight excluding hydrogens is 629 g/mol. The standard InChI is InChI=1S/C51H34O/c1-51(2)43-22-10-9-19-40(43)49-35(20-11-23-44(49)51)31-25-27-32(28-26-31)47-36-15-5-7-17-38(36)48(39-18-8-6-16-37(39)47)41-21-12-24-45-50(41)42-29-33-13-3-4-14-34(33)30-46(42)52-45/h3-30H,1-2H3/i5D,6D,7D,8D,15D,16D,17D,18D. The Morgan fingerprint density at radius 2 is 1.00 bits per heavy atom. The SMILES string of the molecule is [2H]c1c([2H])c([2H])c2c(-c3cccc4oc5cc6ccccc6cc5c34)c3c([2H])c([2H])c([2H])c([2H])c3c(-c3ccc(-c4cccc5c4-c4ccccc4C5(C)C)cc3)c2c1[2H]. The van der Waals surface area contributed by atoms with Crippen LogP contribution in [0.25, 0.3) is 98.8 Å². The van der Waals surface area contributed by atoms with Gasteiger partial charge in [0.1, 0.15) is 11.2 Å². The maximum absolute atomic E-state index is 9.51. The zero-order valence-electron chi connectivity index (χ0n) is 36.5. The van der Waals surface area contributed by atoms with E-state index in [1.54, 1.807) is 6.07 Å². The van der Waals surface area contributed by atoms with Crippen molar-refractivity contribution in [1.82, 2.24) is 0 Å². The Kier molecular flexibility index (Phi) is 4.64. The van der Waals surface area contributed by atoms with Crippen LogP contribution in [0, 0.1) is 0 Å². The number of benzene rings is 9. The highest BCUT2D eigenvalue weighted by Crippen LogP contribution is 2.52. The van der Waals surface area contributed by atoms with Crippen molar-refractivity contribution in [3.63, 3.8) is 0 Å². The van der Waals surface area contributed by atoms with Crippen LogP contribution >= 0.6 is 0 Å². The fraction of sp³-hybridized carbons (Fsp3) is 0.0588. The van der Waals surface area contributed by atoms with Crippen LogP contribution in [0.1, 0.15) is 35.9 Å². The van der Waals surface area contributed by atoms with E-state index in [1.807, 2.05) is 72.8 Å². The topological polar surface area (TPSA) is 13.1 Å². The van der Waals surface area contributed by atoms with E-state index in [9.17, 15) is 5.48 Å². The third-order valence-electron chi connectivity index (χ3n) is 11.1. The summed E-state index contributed by atoms with van der Waals surface area (Å²) in [6, 6.07) is 37.1. The van der Waals surface area contributed by atoms with Crippen LogP contribution in [0.5, 0.6) is 0 Å². The number of fused-ring (bicyclic) bond motifs is 9. The van der Waals surface area contributed by atoms with Gasteiger partial charge in [-0.3, -0.25) is 0 Å². The minimum Gasteiger partial charge on any atom is -0.456 e. The number of rotatable bonds is 3. The summed E-state index contributed by atoms with van der Waals surface area (Å²) in [5.74, 6) is 0. The van der Waals surface area contributed by atoms with E-state index in [-0.39, 0.29) is 51.1 Å². The molecule has 0 radical (unpaired) electrons. The molecule has 0 aliphatic heterocycles. The van der Waals surface area contributed by atoms with Crippen molar-refractivity contribution in [3.05, 3.63) is 181 Å². The second kappa shape index (κ2) is 10.8. The Balaban J connectivity index is 1.26. The van der Waals surface area contributed by atoms with Crippen molar-refractivity contribution in [1.29, 1.82) is 0 Å². The summed E-state index contributed by atoms with van der Waals surface area (Å²) < 4.78 is 80.2. The highest BCUT2D eigenvalue weighted by Gasteiger charge is 2.36. The minimum absolute atomic E-state index is 0.167. The molecule has 1 nitrogen and oxygen atoms in total. The highest BCUT2D eigenvalue weighted by molar-refractivity contribution is 6.26. The lowest BCUT2D eigenvalue weighted by Crippen LogP contribution is -2.14. The molecule has 0 N–H and O–H groups in total. The fourth-order valence-electron chi connectivity index (χ4n) is 8.71. The van der Waals surface area contributed by atoms with Gasteiger partial charge in [0.25, 0.3) is 0 Å². The van der Waals surface area contributed by atoms with Crippen molar-refractivity contribution < 1.29 is 15.4 Å². The lowest BCUT2D eigenvalue weighted by Gasteiger charge is -2.21. The molecule has 0 bridgehead atoms. The summed E-state index contributed by atoms with van der Waals surface area (Å²) in [4.78, 5) is 0. The van der Waals surface area contributed by atoms with E-state index < -0.39 is 24.2 Å². The van der Waals surface area contributed by atoms with Crippen molar-refractivity contribution in [2.45, 2.75) is 19.3 Å². The molecule has 10 aromatic rings. The van der Waals surface area contributed by atoms with E-state index in [0.717, 1.165) is 27.3 Å². The van der Waals surface area contributed by atoms with Gasteiger partial charge in [-0.25, -0.2) is 0 Å². The minimum atomic E-state index is -0.438. The molecule has 0 amide bonds. The van der Waals surface area contributed by atoms with Crippen LogP contribution in [0.3, 0.4) is 0 Å². The second-order valence-corrected chi connectivity index (χ2v) is 14.2. The van der Waals surface area contributed by atoms with Gasteiger partial charge in [-0.05, 0) is 106 Å². The summed E-state index contributed by atoms with van der Waals surface area (Å²) >= 11 is 0. The number of hydrogen-bond acceptors (Lipinski definition) is 1. The van der Waals surface area contributed by atoms with Gasteiger partial charge in [-0.1, -0.05) is 165 Å². The van der Waals surface area contributed by atoms with Crippen molar-refractivity contribution in [2.24, 2.45) is 0 Å². The first kappa shape index (κ1) is 22.4. The molecule has 52 heavy (non-hydrogen) atoms. The van der Waals surface area contributed by atoms with Crippen LogP contribution in [0.15, 0.2) is 174 Å². The number of furan rings is 1. The average Bonchev–Trinajstić information content (AvgIpc) is 3.75. The molecule has 0 spiro atoms. The molecule has 11 rings (SSSR count). The molecule has 9 aromatic carbocycles. The van der Waals surface area contributed by atoms with E-state index in [1.165, 1.54) is 22.3 Å². The Bertz CT molecular complexity index is 3470. The van der Waals surface area contributed by atoms with Crippen LogP contribution < -0.4 is 0 Å². The zero-order valence-corrected chi connectivity index (χ0v) is 28.5. The molecule has 0 saturated carbocycles. The predicted octanol–water partition coefficient (Wildman–Crippen LogP) is 14.4. The zero-order chi connectivity index (χ0) is 41.5. The maximum atomic E-state index is 9.51. The van der Waals surface area contributed by atoms with Crippen LogP contribution in [0.2, 0.25) is 0 Å². The van der Waals surface area contributed by atoms with Crippen molar-refractivity contribution in [3.8, 4) is 44.5 Å². The van der Waals surface area contributed by atoms with Gasteiger partial charge in [0, 0.05) is 16.2 Å². The molecule has 1 aliphatic carbocycles. The molecule has 1 aliphatic rings. The summed E-state index contributed by atoms with van der Waals surface area (Å²) in [7, 11) is 0. The van der Waals surface area contributed by atoms with Gasteiger partial charge in [0.05, 0.1) is 11.0 Å². The smallest absolute Gasteiger partial charge is 0.136 e. The predicted molar refractivity (Wildman–Crippen MR) is 220 cm³/mol. The summed E-state index contributed by atoms with van der Waals surface area (Å²) in [6.07, 6.45) is 0. The first-order valence-electron chi connectivity index (χ1n) is 21.5. The van der Waals surface area contributed by atoms with E-state index in [0.29, 0.717) is 38.8 Å². The van der Waals surface area contributed by atoms with Crippen LogP contribution in [-0.2, 0) is 5.41 Å². The summed E-state index contributed by atoms with van der Waals surface area (Å²) in [5, 5.41) is 4.11. The first-order valence-corrected chi connectivity index (χ1v) is 17.5. The number of hydrogen-bond donors (Lipinski definition) is 0. The third kappa shape index (κ3) is 4.05. The lowest BCUT2D eigenvalue weighted by molar-refractivity contribution is 0.660. The van der Waals surface area contributed by atoms with Gasteiger partial charge >= 0.3 is 0 Å². The van der Waals surface area contributed by atoms with Crippen LogP contribution in [0.4, 0.5) is 0 Å². The van der Waals surface area contributed by atoms with Crippen molar-refractivity contribution >= 4 is 54.3 Å². The fourth-order valence-corrected chi connectivity index (χ4v) is 8.71. The molecule has 0 saturated heterocycles. The van der Waals surface area contributed by atoms with E-state index >= 15 is 0 Å². The Hall–Kier alpha value is -6.44. The van der Waals surface area contributed by atoms with E-state index in [2.05, 4.69) is 56.3 Å².